The standard InChI is InChI=1S/C4H6ClIO2/c5-1-3-2-7-8-4(3)6/h3-4H,1-2H2. The molecule has 0 saturated carbocycles. The Bertz CT molecular complexity index is 80.4. The van der Waals surface area contributed by atoms with E-state index in [-0.39, 0.29) is 4.11 Å². The fourth-order valence-electron chi connectivity index (χ4n) is 0.460. The van der Waals surface area contributed by atoms with Gasteiger partial charge in [0.1, 0.15) is 4.11 Å². The lowest BCUT2D eigenvalue weighted by molar-refractivity contribution is -0.252. The Balaban J connectivity index is 2.30. The van der Waals surface area contributed by atoms with Crippen LogP contribution in [0.2, 0.25) is 0 Å². The second-order valence-corrected chi connectivity index (χ2v) is 3.18. The van der Waals surface area contributed by atoms with Gasteiger partial charge in [-0.25, -0.2) is 9.78 Å². The van der Waals surface area contributed by atoms with Crippen molar-refractivity contribution < 1.29 is 9.78 Å². The van der Waals surface area contributed by atoms with Crippen molar-refractivity contribution in [2.24, 2.45) is 5.92 Å². The predicted octanol–water partition coefficient (Wildman–Crippen LogP) is 1.56. The van der Waals surface area contributed by atoms with Crippen molar-refractivity contribution in [2.45, 2.75) is 4.11 Å². The van der Waals surface area contributed by atoms with Crippen LogP contribution in [0.4, 0.5) is 0 Å². The highest BCUT2D eigenvalue weighted by molar-refractivity contribution is 14.1. The van der Waals surface area contributed by atoms with Gasteiger partial charge in [-0.1, -0.05) is 0 Å². The Kier molecular flexibility index (Phi) is 2.82. The minimum Gasteiger partial charge on any atom is -0.235 e. The average molecular weight is 248 g/mol. The minimum atomic E-state index is 0.144. The fourth-order valence-corrected chi connectivity index (χ4v) is 1.62. The van der Waals surface area contributed by atoms with Crippen LogP contribution in [0.25, 0.3) is 0 Å². The molecule has 1 rings (SSSR count). The lowest BCUT2D eigenvalue weighted by atomic mass is 10.2. The van der Waals surface area contributed by atoms with Gasteiger partial charge in [0, 0.05) is 11.8 Å². The molecule has 4 heteroatoms. The molecule has 48 valence electrons. The van der Waals surface area contributed by atoms with Crippen LogP contribution in [-0.4, -0.2) is 16.6 Å². The zero-order valence-electron chi connectivity index (χ0n) is 4.14. The smallest absolute Gasteiger partial charge is 0.150 e. The third-order valence-corrected chi connectivity index (χ3v) is 2.63. The summed E-state index contributed by atoms with van der Waals surface area (Å²) >= 11 is 7.70. The van der Waals surface area contributed by atoms with Crippen molar-refractivity contribution in [3.05, 3.63) is 0 Å². The maximum atomic E-state index is 5.54. The monoisotopic (exact) mass is 248 g/mol. The van der Waals surface area contributed by atoms with Crippen LogP contribution in [0, 0.1) is 5.92 Å². The molecule has 0 amide bonds. The molecule has 0 aromatic heterocycles. The number of hydrogen-bond donors (Lipinski definition) is 0. The van der Waals surface area contributed by atoms with E-state index in [0.29, 0.717) is 18.4 Å². The highest BCUT2D eigenvalue weighted by atomic mass is 127. The van der Waals surface area contributed by atoms with Crippen LogP contribution < -0.4 is 0 Å². The van der Waals surface area contributed by atoms with Gasteiger partial charge in [0.25, 0.3) is 0 Å². The summed E-state index contributed by atoms with van der Waals surface area (Å²) in [6.07, 6.45) is 0. The molecule has 2 nitrogen and oxygen atoms in total. The van der Waals surface area contributed by atoms with E-state index in [1.54, 1.807) is 0 Å². The Hall–Kier alpha value is 0.940. The highest BCUT2D eigenvalue weighted by Gasteiger charge is 2.26. The van der Waals surface area contributed by atoms with Gasteiger partial charge in [-0.05, 0) is 22.6 Å². The van der Waals surface area contributed by atoms with Crippen molar-refractivity contribution >= 4 is 34.2 Å². The summed E-state index contributed by atoms with van der Waals surface area (Å²) in [6, 6.07) is 0. The molecule has 0 aromatic carbocycles. The van der Waals surface area contributed by atoms with Crippen LogP contribution in [0.5, 0.6) is 0 Å². The molecule has 1 saturated heterocycles. The number of halogens is 2. The van der Waals surface area contributed by atoms with E-state index in [1.165, 1.54) is 0 Å². The first-order valence-electron chi connectivity index (χ1n) is 2.33. The summed E-state index contributed by atoms with van der Waals surface area (Å²) in [6.45, 7) is 0.636. The zero-order valence-corrected chi connectivity index (χ0v) is 7.05. The lowest BCUT2D eigenvalue weighted by Crippen LogP contribution is -2.11. The third-order valence-electron chi connectivity index (χ3n) is 1.01. The van der Waals surface area contributed by atoms with E-state index in [0.717, 1.165) is 0 Å². The average Bonchev–Trinajstić information content (AvgIpc) is 2.14. The quantitative estimate of drug-likeness (QED) is 0.398. The summed E-state index contributed by atoms with van der Waals surface area (Å²) in [5.74, 6) is 0.991. The van der Waals surface area contributed by atoms with Gasteiger partial charge in [0.15, 0.2) is 0 Å². The highest BCUT2D eigenvalue weighted by Crippen LogP contribution is 2.23. The second kappa shape index (κ2) is 3.20. The van der Waals surface area contributed by atoms with Crippen molar-refractivity contribution in [2.75, 3.05) is 12.5 Å². The molecule has 0 N–H and O–H groups in total. The molecule has 1 aliphatic heterocycles. The summed E-state index contributed by atoms with van der Waals surface area (Å²) in [7, 11) is 0. The Morgan fingerprint density at radius 2 is 2.50 bits per heavy atom. The van der Waals surface area contributed by atoms with Crippen LogP contribution in [0.1, 0.15) is 0 Å². The van der Waals surface area contributed by atoms with Gasteiger partial charge >= 0.3 is 0 Å². The summed E-state index contributed by atoms with van der Waals surface area (Å²) in [5, 5.41) is 0. The first kappa shape index (κ1) is 7.05. The Morgan fingerprint density at radius 3 is 2.75 bits per heavy atom. The van der Waals surface area contributed by atoms with Gasteiger partial charge in [-0.2, -0.15) is 0 Å². The van der Waals surface area contributed by atoms with Crippen LogP contribution in [-0.2, 0) is 9.78 Å². The molecule has 2 atom stereocenters. The molecule has 1 fully saturated rings. The summed E-state index contributed by atoms with van der Waals surface area (Å²) < 4.78 is 0.144. The molecule has 0 aliphatic carbocycles. The number of rotatable bonds is 1. The molecule has 0 radical (unpaired) electrons. The van der Waals surface area contributed by atoms with E-state index in [9.17, 15) is 0 Å². The van der Waals surface area contributed by atoms with Crippen molar-refractivity contribution in [3.63, 3.8) is 0 Å². The Morgan fingerprint density at radius 1 is 1.75 bits per heavy atom. The SMILES string of the molecule is ClCC1COOC1I. The Labute approximate surface area is 66.5 Å². The maximum absolute atomic E-state index is 5.54. The molecule has 0 spiro atoms. The number of alkyl halides is 2. The molecular weight excluding hydrogens is 242 g/mol. The third kappa shape index (κ3) is 1.46. The van der Waals surface area contributed by atoms with E-state index >= 15 is 0 Å². The summed E-state index contributed by atoms with van der Waals surface area (Å²) in [4.78, 5) is 9.43. The minimum absolute atomic E-state index is 0.144. The number of hydrogen-bond acceptors (Lipinski definition) is 2. The topological polar surface area (TPSA) is 18.5 Å². The predicted molar refractivity (Wildman–Crippen MR) is 39.1 cm³/mol. The molecule has 8 heavy (non-hydrogen) atoms. The van der Waals surface area contributed by atoms with Gasteiger partial charge < -0.3 is 0 Å². The molecule has 0 bridgehead atoms. The maximum Gasteiger partial charge on any atom is 0.150 e. The van der Waals surface area contributed by atoms with Crippen LogP contribution in [0.15, 0.2) is 0 Å². The van der Waals surface area contributed by atoms with Crippen molar-refractivity contribution in [3.8, 4) is 0 Å². The zero-order chi connectivity index (χ0) is 5.98. The first-order valence-corrected chi connectivity index (χ1v) is 4.11. The van der Waals surface area contributed by atoms with E-state index in [4.69, 9.17) is 16.5 Å². The van der Waals surface area contributed by atoms with Crippen LogP contribution in [0.3, 0.4) is 0 Å². The normalized spacial score (nSPS) is 38.2. The first-order chi connectivity index (χ1) is 3.84. The molecular formula is C4H6ClIO2. The molecule has 2 unspecified atom stereocenters. The second-order valence-electron chi connectivity index (χ2n) is 1.65. The largest absolute Gasteiger partial charge is 0.235 e. The van der Waals surface area contributed by atoms with Gasteiger partial charge in [-0.3, -0.25) is 0 Å². The van der Waals surface area contributed by atoms with Crippen molar-refractivity contribution in [1.82, 2.24) is 0 Å². The lowest BCUT2D eigenvalue weighted by Gasteiger charge is -2.01. The van der Waals surface area contributed by atoms with E-state index in [2.05, 4.69) is 27.5 Å². The van der Waals surface area contributed by atoms with E-state index in [1.807, 2.05) is 0 Å². The molecule has 0 aromatic rings. The van der Waals surface area contributed by atoms with Crippen LogP contribution >= 0.6 is 34.2 Å². The van der Waals surface area contributed by atoms with Gasteiger partial charge in [0.05, 0.1) is 6.61 Å². The van der Waals surface area contributed by atoms with Crippen molar-refractivity contribution in [1.29, 1.82) is 0 Å². The van der Waals surface area contributed by atoms with Gasteiger partial charge in [0.2, 0.25) is 0 Å². The summed E-state index contributed by atoms with van der Waals surface area (Å²) in [5.41, 5.74) is 0. The van der Waals surface area contributed by atoms with Gasteiger partial charge in [-0.15, -0.1) is 11.6 Å². The fraction of sp³-hybridized carbons (Fsp3) is 1.00. The van der Waals surface area contributed by atoms with E-state index < -0.39 is 0 Å². The molecule has 1 heterocycles. The molecule has 1 aliphatic rings.